The predicted molar refractivity (Wildman–Crippen MR) is 138 cm³/mol. The summed E-state index contributed by atoms with van der Waals surface area (Å²) in [6.07, 6.45) is 5.27. The molecule has 1 aliphatic heterocycles. The van der Waals surface area contributed by atoms with Crippen molar-refractivity contribution in [2.45, 2.75) is 45.4 Å². The van der Waals surface area contributed by atoms with E-state index in [0.29, 0.717) is 16.4 Å². The van der Waals surface area contributed by atoms with Crippen LogP contribution in [-0.4, -0.2) is 34.9 Å². The van der Waals surface area contributed by atoms with E-state index in [1.165, 1.54) is 23.3 Å². The Bertz CT molecular complexity index is 1100. The minimum Gasteiger partial charge on any atom is -0.366 e. The minimum atomic E-state index is -0.520. The van der Waals surface area contributed by atoms with Crippen molar-refractivity contribution in [2.75, 3.05) is 23.3 Å². The van der Waals surface area contributed by atoms with Crippen LogP contribution in [0.15, 0.2) is 48.7 Å². The van der Waals surface area contributed by atoms with Crippen LogP contribution in [-0.2, 0) is 5.41 Å². The summed E-state index contributed by atoms with van der Waals surface area (Å²) in [5.41, 5.74) is 12.7. The highest BCUT2D eigenvalue weighted by Crippen LogP contribution is 2.34. The molecule has 0 atom stereocenters. The average molecular weight is 481 g/mol. The summed E-state index contributed by atoms with van der Waals surface area (Å²) in [7, 11) is 0. The monoisotopic (exact) mass is 480 g/mol. The molecule has 3 heterocycles. The molecule has 1 aromatic carbocycles. The molecule has 0 spiro atoms. The topological polar surface area (TPSA) is 127 Å². The standard InChI is InChI=1S/C14H17N5OS.C11H15NO/c15-12(20)11-13(17-10-6-2-3-7-16-10)21-14(18-11)19-8-4-1-5-9-19;1-11(2,3)9-6-4-8(5-7-9)10(12)13/h2-3,6-7H,1,4-5,8-9H2,(H2,15,20)(H,16,17);4-7H,1-3H3,(H2,12,13). The van der Waals surface area contributed by atoms with E-state index < -0.39 is 5.91 Å². The van der Waals surface area contributed by atoms with Gasteiger partial charge in [0.25, 0.3) is 5.91 Å². The van der Waals surface area contributed by atoms with Gasteiger partial charge in [-0.05, 0) is 54.5 Å². The van der Waals surface area contributed by atoms with Crippen LogP contribution in [0.25, 0.3) is 0 Å². The maximum Gasteiger partial charge on any atom is 0.270 e. The van der Waals surface area contributed by atoms with E-state index >= 15 is 0 Å². The van der Waals surface area contributed by atoms with Crippen molar-refractivity contribution in [1.82, 2.24) is 9.97 Å². The number of amides is 2. The molecule has 0 aliphatic carbocycles. The van der Waals surface area contributed by atoms with Crippen LogP contribution >= 0.6 is 11.3 Å². The van der Waals surface area contributed by atoms with Crippen molar-refractivity contribution in [3.05, 3.63) is 65.5 Å². The summed E-state index contributed by atoms with van der Waals surface area (Å²) in [6.45, 7) is 8.36. The van der Waals surface area contributed by atoms with Gasteiger partial charge in [-0.25, -0.2) is 9.97 Å². The highest BCUT2D eigenvalue weighted by molar-refractivity contribution is 7.20. The first kappa shape index (κ1) is 25.2. The van der Waals surface area contributed by atoms with Crippen molar-refractivity contribution in [1.29, 1.82) is 0 Å². The zero-order valence-electron chi connectivity index (χ0n) is 19.9. The van der Waals surface area contributed by atoms with Crippen LogP contribution in [0.5, 0.6) is 0 Å². The SMILES string of the molecule is CC(C)(C)c1ccc(C(N)=O)cc1.NC(=O)c1nc(N2CCCCC2)sc1Nc1ccccn1. The van der Waals surface area contributed by atoms with E-state index in [0.717, 1.165) is 31.1 Å². The number of nitrogens with two attached hydrogens (primary N) is 2. The number of benzene rings is 1. The first-order valence-corrected chi connectivity index (χ1v) is 12.1. The first-order chi connectivity index (χ1) is 16.1. The fourth-order valence-corrected chi connectivity index (χ4v) is 4.50. The number of nitrogens with one attached hydrogen (secondary N) is 1. The largest absolute Gasteiger partial charge is 0.366 e. The molecular formula is C25H32N6O2S. The highest BCUT2D eigenvalue weighted by atomic mass is 32.1. The molecule has 8 nitrogen and oxygen atoms in total. The van der Waals surface area contributed by atoms with E-state index in [1.54, 1.807) is 18.3 Å². The van der Waals surface area contributed by atoms with Crippen LogP contribution in [0.1, 0.15) is 66.4 Å². The normalized spacial score (nSPS) is 13.6. The lowest BCUT2D eigenvalue weighted by atomic mass is 9.87. The van der Waals surface area contributed by atoms with Gasteiger partial charge in [0.2, 0.25) is 5.91 Å². The van der Waals surface area contributed by atoms with E-state index in [1.807, 2.05) is 30.3 Å². The molecule has 1 fully saturated rings. The van der Waals surface area contributed by atoms with Gasteiger partial charge in [0, 0.05) is 24.8 Å². The van der Waals surface area contributed by atoms with E-state index in [2.05, 4.69) is 41.0 Å². The van der Waals surface area contributed by atoms with Gasteiger partial charge in [0.1, 0.15) is 10.8 Å². The third-order valence-corrected chi connectivity index (χ3v) is 6.45. The van der Waals surface area contributed by atoms with Gasteiger partial charge in [-0.15, -0.1) is 0 Å². The number of hydrogen-bond acceptors (Lipinski definition) is 7. The molecule has 180 valence electrons. The van der Waals surface area contributed by atoms with Gasteiger partial charge in [-0.1, -0.05) is 50.3 Å². The molecule has 1 saturated heterocycles. The Morgan fingerprint density at radius 1 is 0.971 bits per heavy atom. The van der Waals surface area contributed by atoms with Gasteiger partial charge >= 0.3 is 0 Å². The summed E-state index contributed by atoms with van der Waals surface area (Å²) >= 11 is 1.45. The molecule has 0 bridgehead atoms. The third kappa shape index (κ3) is 6.77. The number of piperidine rings is 1. The summed E-state index contributed by atoms with van der Waals surface area (Å²) in [4.78, 5) is 33.2. The number of hydrogen-bond donors (Lipinski definition) is 3. The lowest BCUT2D eigenvalue weighted by Crippen LogP contribution is -2.29. The zero-order valence-corrected chi connectivity index (χ0v) is 20.7. The predicted octanol–water partition coefficient (Wildman–Crippen LogP) is 4.45. The van der Waals surface area contributed by atoms with Crippen LogP contribution in [0.3, 0.4) is 0 Å². The lowest BCUT2D eigenvalue weighted by molar-refractivity contribution is 0.0990. The quantitative estimate of drug-likeness (QED) is 0.495. The molecule has 0 saturated carbocycles. The highest BCUT2D eigenvalue weighted by Gasteiger charge is 2.21. The number of nitrogens with zero attached hydrogens (tertiary/aromatic N) is 3. The number of thiazole rings is 1. The Morgan fingerprint density at radius 2 is 1.65 bits per heavy atom. The van der Waals surface area contributed by atoms with Gasteiger partial charge in [-0.2, -0.15) is 0 Å². The van der Waals surface area contributed by atoms with Crippen molar-refractivity contribution in [3.8, 4) is 0 Å². The molecule has 5 N–H and O–H groups in total. The van der Waals surface area contributed by atoms with Gasteiger partial charge in [-0.3, -0.25) is 9.59 Å². The van der Waals surface area contributed by atoms with Gasteiger partial charge in [0.15, 0.2) is 10.8 Å². The summed E-state index contributed by atoms with van der Waals surface area (Å²) in [5.74, 6) is -0.220. The third-order valence-electron chi connectivity index (χ3n) is 5.42. The molecule has 34 heavy (non-hydrogen) atoms. The average Bonchev–Trinajstić information content (AvgIpc) is 3.24. The molecule has 2 amide bonds. The lowest BCUT2D eigenvalue weighted by Gasteiger charge is -2.25. The number of pyridine rings is 1. The second kappa shape index (κ2) is 11.1. The summed E-state index contributed by atoms with van der Waals surface area (Å²) < 4.78 is 0. The molecule has 9 heteroatoms. The Hall–Kier alpha value is -3.46. The van der Waals surface area contributed by atoms with Crippen LogP contribution < -0.4 is 21.7 Å². The van der Waals surface area contributed by atoms with Crippen molar-refractivity contribution in [3.63, 3.8) is 0 Å². The van der Waals surface area contributed by atoms with Gasteiger partial charge < -0.3 is 21.7 Å². The van der Waals surface area contributed by atoms with Gasteiger partial charge in [0.05, 0.1) is 0 Å². The Balaban J connectivity index is 0.000000215. The second-order valence-electron chi connectivity index (χ2n) is 9.12. The Morgan fingerprint density at radius 3 is 2.18 bits per heavy atom. The first-order valence-electron chi connectivity index (χ1n) is 11.3. The number of primary amides is 2. The van der Waals surface area contributed by atoms with Crippen LogP contribution in [0.2, 0.25) is 0 Å². The fraction of sp³-hybridized carbons (Fsp3) is 0.360. The van der Waals surface area contributed by atoms with Crippen molar-refractivity contribution in [2.24, 2.45) is 11.5 Å². The Labute approximate surface area is 204 Å². The fourth-order valence-electron chi connectivity index (χ4n) is 3.47. The molecule has 0 radical (unpaired) electrons. The number of carbonyl (C=O) groups excluding carboxylic acids is 2. The molecule has 4 rings (SSSR count). The van der Waals surface area contributed by atoms with E-state index in [4.69, 9.17) is 11.5 Å². The minimum absolute atomic E-state index is 0.121. The number of carbonyl (C=O) groups is 2. The summed E-state index contributed by atoms with van der Waals surface area (Å²) in [6, 6.07) is 13.0. The van der Waals surface area contributed by atoms with Crippen LogP contribution in [0, 0.1) is 0 Å². The molecular weight excluding hydrogens is 448 g/mol. The second-order valence-corrected chi connectivity index (χ2v) is 10.1. The number of aromatic nitrogens is 2. The molecule has 0 unspecified atom stereocenters. The smallest absolute Gasteiger partial charge is 0.270 e. The molecule has 1 aliphatic rings. The van der Waals surface area contributed by atoms with Crippen molar-refractivity contribution >= 4 is 39.1 Å². The van der Waals surface area contributed by atoms with Crippen molar-refractivity contribution < 1.29 is 9.59 Å². The summed E-state index contributed by atoms with van der Waals surface area (Å²) in [5, 5.41) is 4.63. The van der Waals surface area contributed by atoms with E-state index in [-0.39, 0.29) is 17.0 Å². The maximum atomic E-state index is 11.6. The zero-order chi connectivity index (χ0) is 24.7. The Kier molecular flexibility index (Phi) is 8.22. The maximum absolute atomic E-state index is 11.6. The number of rotatable bonds is 5. The van der Waals surface area contributed by atoms with Crippen LogP contribution in [0.4, 0.5) is 16.0 Å². The number of anilines is 3. The molecule has 2 aromatic heterocycles. The van der Waals surface area contributed by atoms with E-state index in [9.17, 15) is 9.59 Å². The molecule has 3 aromatic rings.